The molecular formula is C12H16N2OS. The maximum atomic E-state index is 11.9. The predicted octanol–water partition coefficient (Wildman–Crippen LogP) is 1.40. The molecule has 1 amide bonds. The third kappa shape index (κ3) is 2.23. The molecule has 0 spiro atoms. The number of aryl methyl sites for hydroxylation is 1. The first-order valence-electron chi connectivity index (χ1n) is 5.39. The maximum absolute atomic E-state index is 11.9. The van der Waals surface area contributed by atoms with E-state index in [2.05, 4.69) is 0 Å². The number of nitrogens with zero attached hydrogens (tertiary/aromatic N) is 1. The number of hydrogen-bond acceptors (Lipinski definition) is 3. The Morgan fingerprint density at radius 3 is 3.06 bits per heavy atom. The average molecular weight is 236 g/mol. The van der Waals surface area contributed by atoms with E-state index in [4.69, 9.17) is 5.73 Å². The van der Waals surface area contributed by atoms with Crippen LogP contribution in [-0.2, 0) is 4.79 Å². The van der Waals surface area contributed by atoms with Gasteiger partial charge in [-0.3, -0.25) is 4.79 Å². The number of benzene rings is 1. The van der Waals surface area contributed by atoms with Crippen molar-refractivity contribution in [2.45, 2.75) is 13.0 Å². The first kappa shape index (κ1) is 11.5. The molecule has 0 radical (unpaired) electrons. The Bertz CT molecular complexity index is 394. The maximum Gasteiger partial charge on any atom is 0.237 e. The van der Waals surface area contributed by atoms with Crippen LogP contribution in [0.15, 0.2) is 24.3 Å². The average Bonchev–Trinajstić information content (AvgIpc) is 2.28. The summed E-state index contributed by atoms with van der Waals surface area (Å²) in [5.74, 6) is 1.65. The van der Waals surface area contributed by atoms with Gasteiger partial charge in [0, 0.05) is 18.0 Å². The van der Waals surface area contributed by atoms with Crippen molar-refractivity contribution in [1.29, 1.82) is 0 Å². The van der Waals surface area contributed by atoms with Crippen molar-refractivity contribution >= 4 is 23.4 Å². The highest BCUT2D eigenvalue weighted by Crippen LogP contribution is 2.25. The second-order valence-electron chi connectivity index (χ2n) is 4.01. The summed E-state index contributed by atoms with van der Waals surface area (Å²) in [6, 6.07) is 8.16. The summed E-state index contributed by atoms with van der Waals surface area (Å²) in [6.07, 6.45) is 0. The van der Waals surface area contributed by atoms with Gasteiger partial charge in [-0.15, -0.1) is 11.8 Å². The van der Waals surface area contributed by atoms with E-state index in [0.717, 1.165) is 11.4 Å². The molecule has 2 N–H and O–H groups in total. The van der Waals surface area contributed by atoms with Crippen molar-refractivity contribution in [1.82, 2.24) is 0 Å². The van der Waals surface area contributed by atoms with Gasteiger partial charge in [0.2, 0.25) is 5.91 Å². The molecule has 0 saturated carbocycles. The van der Waals surface area contributed by atoms with E-state index < -0.39 is 0 Å². The van der Waals surface area contributed by atoms with Crippen LogP contribution in [0.4, 0.5) is 5.69 Å². The molecule has 1 aliphatic rings. The molecule has 2 rings (SSSR count). The molecule has 1 heterocycles. The predicted molar refractivity (Wildman–Crippen MR) is 68.8 cm³/mol. The summed E-state index contributed by atoms with van der Waals surface area (Å²) in [4.78, 5) is 13.8. The van der Waals surface area contributed by atoms with Crippen molar-refractivity contribution in [2.75, 3.05) is 23.0 Å². The number of carbonyl (C=O) groups excluding carboxylic acids is 1. The van der Waals surface area contributed by atoms with Crippen molar-refractivity contribution in [3.8, 4) is 0 Å². The van der Waals surface area contributed by atoms with E-state index in [1.165, 1.54) is 5.56 Å². The lowest BCUT2D eigenvalue weighted by Gasteiger charge is -2.34. The number of rotatable bonds is 2. The highest BCUT2D eigenvalue weighted by atomic mass is 32.2. The molecular weight excluding hydrogens is 220 g/mol. The van der Waals surface area contributed by atoms with Gasteiger partial charge < -0.3 is 10.6 Å². The molecule has 1 atom stereocenters. The molecule has 0 aliphatic carbocycles. The topological polar surface area (TPSA) is 46.3 Å². The lowest BCUT2D eigenvalue weighted by atomic mass is 10.1. The van der Waals surface area contributed by atoms with Crippen molar-refractivity contribution in [3.63, 3.8) is 0 Å². The van der Waals surface area contributed by atoms with Crippen LogP contribution >= 0.6 is 11.8 Å². The number of nitrogens with two attached hydrogens (primary N) is 1. The van der Waals surface area contributed by atoms with Crippen LogP contribution in [0, 0.1) is 6.92 Å². The van der Waals surface area contributed by atoms with Gasteiger partial charge >= 0.3 is 0 Å². The Kier molecular flexibility index (Phi) is 3.51. The quantitative estimate of drug-likeness (QED) is 0.844. The first-order chi connectivity index (χ1) is 7.72. The summed E-state index contributed by atoms with van der Waals surface area (Å²) in [5.41, 5.74) is 7.86. The minimum Gasteiger partial charge on any atom is -0.328 e. The highest BCUT2D eigenvalue weighted by Gasteiger charge is 2.28. The summed E-state index contributed by atoms with van der Waals surface area (Å²) in [5, 5.41) is 0. The van der Waals surface area contributed by atoms with Crippen molar-refractivity contribution in [3.05, 3.63) is 29.8 Å². The zero-order chi connectivity index (χ0) is 11.5. The van der Waals surface area contributed by atoms with Crippen LogP contribution in [0.3, 0.4) is 0 Å². The summed E-state index contributed by atoms with van der Waals surface area (Å²) in [7, 11) is 0. The molecule has 1 aromatic carbocycles. The van der Waals surface area contributed by atoms with Crippen molar-refractivity contribution < 1.29 is 4.79 Å². The normalized spacial score (nSPS) is 21.2. The molecule has 3 nitrogen and oxygen atoms in total. The van der Waals surface area contributed by atoms with Gasteiger partial charge in [-0.2, -0.15) is 0 Å². The fraction of sp³-hybridized carbons (Fsp3) is 0.417. The van der Waals surface area contributed by atoms with Gasteiger partial charge in [0.05, 0.1) is 11.8 Å². The molecule has 0 aromatic heterocycles. The van der Waals surface area contributed by atoms with E-state index >= 15 is 0 Å². The van der Waals surface area contributed by atoms with E-state index in [1.807, 2.05) is 36.1 Å². The summed E-state index contributed by atoms with van der Waals surface area (Å²) in [6.45, 7) is 2.55. The fourth-order valence-corrected chi connectivity index (χ4v) is 2.92. The smallest absolute Gasteiger partial charge is 0.237 e. The molecule has 1 fully saturated rings. The number of carbonyl (C=O) groups is 1. The Hall–Kier alpha value is -1.00. The SMILES string of the molecule is Cc1cccc(N2C(=O)CSCC2CN)c1. The molecule has 0 bridgehead atoms. The van der Waals surface area contributed by atoms with Gasteiger partial charge in [-0.25, -0.2) is 0 Å². The van der Waals surface area contributed by atoms with Crippen molar-refractivity contribution in [2.24, 2.45) is 5.73 Å². The van der Waals surface area contributed by atoms with E-state index in [1.54, 1.807) is 11.8 Å². The lowest BCUT2D eigenvalue weighted by Crippen LogP contribution is -2.50. The van der Waals surface area contributed by atoms with E-state index in [-0.39, 0.29) is 11.9 Å². The Balaban J connectivity index is 2.31. The Morgan fingerprint density at radius 1 is 1.56 bits per heavy atom. The monoisotopic (exact) mass is 236 g/mol. The molecule has 16 heavy (non-hydrogen) atoms. The van der Waals surface area contributed by atoms with Gasteiger partial charge in [0.15, 0.2) is 0 Å². The Morgan fingerprint density at radius 2 is 2.38 bits per heavy atom. The zero-order valence-corrected chi connectivity index (χ0v) is 10.2. The standard InChI is InChI=1S/C12H16N2OS/c1-9-3-2-4-10(5-9)14-11(6-13)7-16-8-12(14)15/h2-5,11H,6-8,13H2,1H3. The zero-order valence-electron chi connectivity index (χ0n) is 9.35. The second kappa shape index (κ2) is 4.89. The van der Waals surface area contributed by atoms with Crippen LogP contribution in [0.25, 0.3) is 0 Å². The highest BCUT2D eigenvalue weighted by molar-refractivity contribution is 8.00. The van der Waals surface area contributed by atoms with E-state index in [9.17, 15) is 4.79 Å². The first-order valence-corrected chi connectivity index (χ1v) is 6.54. The van der Waals surface area contributed by atoms with Crippen LogP contribution in [0.1, 0.15) is 5.56 Å². The van der Waals surface area contributed by atoms with Crippen LogP contribution < -0.4 is 10.6 Å². The third-order valence-electron chi connectivity index (χ3n) is 2.72. The number of hydrogen-bond donors (Lipinski definition) is 1. The summed E-state index contributed by atoms with van der Waals surface area (Å²) >= 11 is 1.67. The fourth-order valence-electron chi connectivity index (χ4n) is 1.94. The number of amides is 1. The lowest BCUT2D eigenvalue weighted by molar-refractivity contribution is -0.116. The molecule has 1 saturated heterocycles. The van der Waals surface area contributed by atoms with Crippen LogP contribution in [-0.4, -0.2) is 30.0 Å². The van der Waals surface area contributed by atoms with E-state index in [0.29, 0.717) is 12.3 Å². The second-order valence-corrected chi connectivity index (χ2v) is 5.04. The molecule has 1 unspecified atom stereocenters. The van der Waals surface area contributed by atoms with Crippen LogP contribution in [0.2, 0.25) is 0 Å². The number of anilines is 1. The van der Waals surface area contributed by atoms with Gasteiger partial charge in [-0.05, 0) is 24.6 Å². The summed E-state index contributed by atoms with van der Waals surface area (Å²) < 4.78 is 0. The molecule has 1 aromatic rings. The third-order valence-corrected chi connectivity index (χ3v) is 3.79. The van der Waals surface area contributed by atoms with Gasteiger partial charge in [0.25, 0.3) is 0 Å². The largest absolute Gasteiger partial charge is 0.328 e. The Labute approximate surface area is 100.0 Å². The molecule has 1 aliphatic heterocycles. The van der Waals surface area contributed by atoms with Gasteiger partial charge in [-0.1, -0.05) is 12.1 Å². The minimum absolute atomic E-state index is 0.132. The molecule has 86 valence electrons. The van der Waals surface area contributed by atoms with Crippen LogP contribution in [0.5, 0.6) is 0 Å². The van der Waals surface area contributed by atoms with Gasteiger partial charge in [0.1, 0.15) is 0 Å². The minimum atomic E-state index is 0.132. The number of thioether (sulfide) groups is 1. The molecule has 4 heteroatoms.